The molecule has 0 saturated carbocycles. The Kier molecular flexibility index (Phi) is 13.8. The van der Waals surface area contributed by atoms with E-state index in [1.54, 1.807) is 41.3 Å². The number of phenolic OH excluding ortho intramolecular Hbond substituents is 2. The zero-order chi connectivity index (χ0) is 40.2. The summed E-state index contributed by atoms with van der Waals surface area (Å²) in [5, 5.41) is 25.5. The van der Waals surface area contributed by atoms with E-state index < -0.39 is 0 Å². The molecule has 1 atom stereocenters. The van der Waals surface area contributed by atoms with Crippen LogP contribution in [0.2, 0.25) is 20.1 Å². The minimum Gasteiger partial charge on any atom is -0.508 e. The lowest BCUT2D eigenvalue weighted by Gasteiger charge is -2.40. The zero-order valence-electron chi connectivity index (χ0n) is 31.9. The molecule has 294 valence electrons. The van der Waals surface area contributed by atoms with Crippen LogP contribution in [0.3, 0.4) is 0 Å². The second-order valence-electron chi connectivity index (χ2n) is 15.7. The van der Waals surface area contributed by atoms with Gasteiger partial charge in [0.15, 0.2) is 13.2 Å². The van der Waals surface area contributed by atoms with Crippen molar-refractivity contribution in [3.8, 4) is 23.0 Å². The second-order valence-corrected chi connectivity index (χ2v) is 17.3. The van der Waals surface area contributed by atoms with Crippen LogP contribution in [0.5, 0.6) is 23.0 Å². The first-order valence-electron chi connectivity index (χ1n) is 18.3. The van der Waals surface area contributed by atoms with E-state index in [4.69, 9.17) is 55.9 Å². The van der Waals surface area contributed by atoms with Crippen molar-refractivity contribution >= 4 is 58.2 Å². The number of nitrogens with one attached hydrogen (secondary N) is 1. The summed E-state index contributed by atoms with van der Waals surface area (Å²) in [5.74, 6) is 1.36. The van der Waals surface area contributed by atoms with Gasteiger partial charge in [0, 0.05) is 51.6 Å². The molecule has 1 aliphatic heterocycles. The number of carbonyl (C=O) groups is 2. The molecule has 3 N–H and O–H groups in total. The fourth-order valence-corrected chi connectivity index (χ4v) is 7.95. The normalized spacial score (nSPS) is 13.8. The number of hydrogen-bond acceptors (Lipinski definition) is 6. The molecule has 2 amide bonds. The first-order chi connectivity index (χ1) is 25.9. The van der Waals surface area contributed by atoms with Gasteiger partial charge in [-0.15, -0.1) is 0 Å². The van der Waals surface area contributed by atoms with Crippen LogP contribution >= 0.6 is 46.4 Å². The van der Waals surface area contributed by atoms with Crippen molar-refractivity contribution in [3.05, 3.63) is 114 Å². The van der Waals surface area contributed by atoms with Gasteiger partial charge in [0.1, 0.15) is 23.0 Å². The van der Waals surface area contributed by atoms with Crippen LogP contribution in [0.15, 0.2) is 60.7 Å². The largest absolute Gasteiger partial charge is 0.508 e. The Morgan fingerprint density at radius 3 is 1.67 bits per heavy atom. The molecule has 0 aliphatic carbocycles. The quantitative estimate of drug-likeness (QED) is 0.117. The number of amides is 2. The van der Waals surface area contributed by atoms with Crippen LogP contribution < -0.4 is 14.8 Å². The van der Waals surface area contributed by atoms with E-state index in [9.17, 15) is 19.8 Å². The zero-order valence-corrected chi connectivity index (χ0v) is 35.0. The predicted octanol–water partition coefficient (Wildman–Crippen LogP) is 10.3. The lowest BCUT2D eigenvalue weighted by Crippen LogP contribution is -2.51. The third-order valence-electron chi connectivity index (χ3n) is 9.57. The lowest BCUT2D eigenvalue weighted by molar-refractivity contribution is -0.140. The second kappa shape index (κ2) is 18.0. The highest BCUT2D eigenvalue weighted by Gasteiger charge is 2.32. The highest BCUT2D eigenvalue weighted by Crippen LogP contribution is 2.38. The molecule has 12 heteroatoms. The van der Waals surface area contributed by atoms with Gasteiger partial charge >= 0.3 is 0 Å². The number of carbonyl (C=O) groups excluding carboxylic acids is 2. The summed E-state index contributed by atoms with van der Waals surface area (Å²) in [6, 6.07) is 17.6. The fourth-order valence-electron chi connectivity index (χ4n) is 6.75. The average molecular weight is 831 g/mol. The van der Waals surface area contributed by atoms with Crippen molar-refractivity contribution in [3.63, 3.8) is 0 Å². The number of halogens is 4. The van der Waals surface area contributed by atoms with Crippen LogP contribution in [0.4, 0.5) is 0 Å². The van der Waals surface area contributed by atoms with Crippen LogP contribution in [-0.2, 0) is 22.4 Å². The van der Waals surface area contributed by atoms with E-state index in [-0.39, 0.29) is 59.8 Å². The molecule has 1 unspecified atom stereocenters. The Hall–Kier alpha value is -3.82. The number of phenols is 2. The Morgan fingerprint density at radius 1 is 0.745 bits per heavy atom. The highest BCUT2D eigenvalue weighted by molar-refractivity contribution is 6.36. The van der Waals surface area contributed by atoms with Crippen LogP contribution in [0.25, 0.3) is 0 Å². The first kappa shape index (κ1) is 42.3. The maximum absolute atomic E-state index is 13.0. The van der Waals surface area contributed by atoms with Gasteiger partial charge in [-0.3, -0.25) is 9.59 Å². The molecule has 0 spiro atoms. The van der Waals surface area contributed by atoms with Gasteiger partial charge in [-0.25, -0.2) is 0 Å². The number of rotatable bonds is 14. The molecule has 5 rings (SSSR count). The molecule has 4 aromatic rings. The third kappa shape index (κ3) is 11.4. The number of nitrogens with zero attached hydrogens (tertiary/aromatic N) is 1. The van der Waals surface area contributed by atoms with Crippen molar-refractivity contribution in [1.29, 1.82) is 0 Å². The average Bonchev–Trinajstić information content (AvgIpc) is 3.07. The van der Waals surface area contributed by atoms with Gasteiger partial charge in [-0.2, -0.15) is 0 Å². The van der Waals surface area contributed by atoms with Crippen molar-refractivity contribution in [2.24, 2.45) is 5.92 Å². The maximum atomic E-state index is 13.0. The number of ether oxygens (including phenoxy) is 2. The molecule has 0 radical (unpaired) electrons. The third-order valence-corrected chi connectivity index (χ3v) is 10.9. The van der Waals surface area contributed by atoms with E-state index in [2.05, 4.69) is 12.2 Å². The fraction of sp³-hybridized carbons (Fsp3) is 0.395. The van der Waals surface area contributed by atoms with Crippen molar-refractivity contribution in [2.45, 2.75) is 78.2 Å². The van der Waals surface area contributed by atoms with Crippen LogP contribution in [-0.4, -0.2) is 58.8 Å². The Labute approximate surface area is 343 Å². The van der Waals surface area contributed by atoms with Gasteiger partial charge in [-0.05, 0) is 115 Å². The van der Waals surface area contributed by atoms with Gasteiger partial charge < -0.3 is 29.9 Å². The summed E-state index contributed by atoms with van der Waals surface area (Å²) in [5.41, 5.74) is 4.66. The number of benzene rings is 4. The van der Waals surface area contributed by atoms with E-state index in [0.29, 0.717) is 63.1 Å². The van der Waals surface area contributed by atoms with Gasteiger partial charge in [0.05, 0.1) is 0 Å². The molecule has 0 bridgehead atoms. The smallest absolute Gasteiger partial charge is 0.260 e. The standard InChI is InChI=1S/C43H48Cl4N2O6/c1-24(2)31-12-26(7-9-39(31)50)14-33-37(46)18-30(19-38(33)47)55-23-42(53)49-20-28(21-49)11-25(3)32-13-27(8-10-40(32)51)15-34-35(44)16-29(17-36(34)45)54-22-41(52)48-43(4,5)6/h7-10,12-13,16-19,24-25,28,50-51H,11,14-15,20-23H2,1-6H3,(H,48,52). The van der Waals surface area contributed by atoms with E-state index in [1.807, 2.05) is 58.9 Å². The molecule has 1 heterocycles. The SMILES string of the molecule is CC(C)c1cc(Cc2c(Cl)cc(OCC(=O)N3CC(CC(C)c4cc(Cc5c(Cl)cc(OCC(=O)NC(C)(C)C)cc5Cl)ccc4O)C3)cc2Cl)ccc1O. The lowest BCUT2D eigenvalue weighted by atomic mass is 9.84. The molecule has 1 fully saturated rings. The predicted molar refractivity (Wildman–Crippen MR) is 221 cm³/mol. The van der Waals surface area contributed by atoms with E-state index in [1.165, 1.54) is 0 Å². The van der Waals surface area contributed by atoms with Crippen molar-refractivity contribution < 1.29 is 29.3 Å². The monoisotopic (exact) mass is 828 g/mol. The van der Waals surface area contributed by atoms with Crippen molar-refractivity contribution in [1.82, 2.24) is 10.2 Å². The van der Waals surface area contributed by atoms with Gasteiger partial charge in [-0.1, -0.05) is 91.4 Å². The Bertz CT molecular complexity index is 1990. The number of hydrogen-bond donors (Lipinski definition) is 3. The summed E-state index contributed by atoms with van der Waals surface area (Å²) >= 11 is 26.5. The minimum absolute atomic E-state index is 0.0285. The summed E-state index contributed by atoms with van der Waals surface area (Å²) < 4.78 is 11.4. The van der Waals surface area contributed by atoms with E-state index >= 15 is 0 Å². The number of likely N-dealkylation sites (tertiary alicyclic amines) is 1. The van der Waals surface area contributed by atoms with Gasteiger partial charge in [0.25, 0.3) is 11.8 Å². The van der Waals surface area contributed by atoms with Gasteiger partial charge in [0.2, 0.25) is 0 Å². The molecule has 55 heavy (non-hydrogen) atoms. The molecule has 8 nitrogen and oxygen atoms in total. The van der Waals surface area contributed by atoms with E-state index in [0.717, 1.165) is 34.2 Å². The molecule has 1 aliphatic rings. The molecule has 1 saturated heterocycles. The highest BCUT2D eigenvalue weighted by atomic mass is 35.5. The number of aromatic hydroxyl groups is 2. The summed E-state index contributed by atoms with van der Waals surface area (Å²) in [6.07, 6.45) is 1.70. The molecular weight excluding hydrogens is 782 g/mol. The molecule has 4 aromatic carbocycles. The maximum Gasteiger partial charge on any atom is 0.260 e. The Morgan fingerprint density at radius 2 is 1.20 bits per heavy atom. The molecular formula is C43H48Cl4N2O6. The van der Waals surface area contributed by atoms with Crippen LogP contribution in [0, 0.1) is 5.92 Å². The first-order valence-corrected chi connectivity index (χ1v) is 19.8. The topological polar surface area (TPSA) is 108 Å². The molecule has 0 aromatic heterocycles. The Balaban J connectivity index is 1.11. The van der Waals surface area contributed by atoms with Crippen LogP contribution in [0.1, 0.15) is 93.2 Å². The summed E-state index contributed by atoms with van der Waals surface area (Å²) in [4.78, 5) is 26.9. The summed E-state index contributed by atoms with van der Waals surface area (Å²) in [7, 11) is 0. The van der Waals surface area contributed by atoms with Crippen molar-refractivity contribution in [2.75, 3.05) is 26.3 Å². The minimum atomic E-state index is -0.371. The summed E-state index contributed by atoms with van der Waals surface area (Å²) in [6.45, 7) is 12.7.